The number of sulfone groups is 1. The van der Waals surface area contributed by atoms with E-state index in [1.807, 2.05) is 0 Å². The number of H-pyrrole nitrogens is 1. The smallest absolute Gasteiger partial charge is 0.271 e. The zero-order chi connectivity index (χ0) is 29.9. The third-order valence-corrected chi connectivity index (χ3v) is 8.92. The molecule has 3 N–H and O–H groups in total. The number of amides is 3. The Morgan fingerprint density at radius 2 is 1.90 bits per heavy atom. The molecule has 1 aromatic carbocycles. The number of halogens is 5. The van der Waals surface area contributed by atoms with Crippen LogP contribution in [0.5, 0.6) is 0 Å². The van der Waals surface area contributed by atoms with Gasteiger partial charge in [0.1, 0.15) is 23.4 Å². The van der Waals surface area contributed by atoms with Gasteiger partial charge >= 0.3 is 0 Å². The summed E-state index contributed by atoms with van der Waals surface area (Å²) in [6, 6.07) is -1.48. The number of nitrogens with one attached hydrogen (secondary N) is 3. The molecule has 0 radical (unpaired) electrons. The molecule has 1 aliphatic carbocycles. The van der Waals surface area contributed by atoms with Gasteiger partial charge in [0.25, 0.3) is 11.8 Å². The number of fused-ring (bicyclic) bond motifs is 4. The molecule has 15 heteroatoms. The standard InChI is InChI=1S/C26H27F5N4O5S/c1-41(39,40)20(29)9-13(8-12-6-7-32-23(12)36)33-24(37)22-16-3-2-14(11-26(16,30)31)35(22)25(38)19-10-15-17(27)4-5-18(28)21(15)34-19/h4-5,9-10,12-14,16,22,34H,2-3,6-8,11H2,1H3,(H,32,36)(H,33,37)/b20-9-/t12-,13-,14+,16+,22-/m1/s1. The van der Waals surface area contributed by atoms with E-state index in [9.17, 15) is 36.0 Å². The van der Waals surface area contributed by atoms with Crippen LogP contribution in [-0.4, -0.2) is 72.9 Å². The number of nitrogens with zero attached hydrogens (tertiary/aromatic N) is 1. The SMILES string of the molecule is CS(=O)(=O)/C(F)=C\[C@@H](C[C@H]1CCNC1=O)NC(=O)[C@H]1[C@@H]2CC[C@@H](CC2(F)F)N1C(=O)c1cc2c(F)ccc(F)c2[nH]1. The first kappa shape index (κ1) is 29.0. The fourth-order valence-electron chi connectivity index (χ4n) is 6.10. The van der Waals surface area contributed by atoms with E-state index in [1.165, 1.54) is 0 Å². The predicted molar refractivity (Wildman–Crippen MR) is 136 cm³/mol. The number of hydrogen-bond acceptors (Lipinski definition) is 5. The van der Waals surface area contributed by atoms with E-state index in [1.54, 1.807) is 0 Å². The average Bonchev–Trinajstić information content (AvgIpc) is 3.52. The highest BCUT2D eigenvalue weighted by atomic mass is 32.2. The molecular weight excluding hydrogens is 575 g/mol. The molecular formula is C26H27F5N4O5S. The van der Waals surface area contributed by atoms with Gasteiger partial charge in [-0.2, -0.15) is 4.39 Å². The summed E-state index contributed by atoms with van der Waals surface area (Å²) in [5.74, 6) is -9.77. The van der Waals surface area contributed by atoms with Crippen molar-refractivity contribution in [1.29, 1.82) is 0 Å². The maximum Gasteiger partial charge on any atom is 0.271 e. The second kappa shape index (κ2) is 10.4. The molecule has 4 fully saturated rings. The van der Waals surface area contributed by atoms with Crippen LogP contribution in [0, 0.1) is 23.5 Å². The molecule has 5 atom stereocenters. The monoisotopic (exact) mass is 602 g/mol. The van der Waals surface area contributed by atoms with Crippen molar-refractivity contribution in [1.82, 2.24) is 20.5 Å². The van der Waals surface area contributed by atoms with E-state index in [4.69, 9.17) is 0 Å². The number of aromatic nitrogens is 1. The molecule has 1 aromatic heterocycles. The van der Waals surface area contributed by atoms with Gasteiger partial charge in [-0.05, 0) is 50.0 Å². The molecule has 3 amide bonds. The lowest BCUT2D eigenvalue weighted by Crippen LogP contribution is -2.68. The molecule has 0 spiro atoms. The number of piperidine rings is 2. The molecule has 4 aliphatic rings. The topological polar surface area (TPSA) is 128 Å². The zero-order valence-electron chi connectivity index (χ0n) is 21.7. The van der Waals surface area contributed by atoms with Crippen molar-refractivity contribution in [2.45, 2.75) is 56.2 Å². The first-order valence-corrected chi connectivity index (χ1v) is 14.9. The van der Waals surface area contributed by atoms with Crippen molar-refractivity contribution in [3.05, 3.63) is 46.8 Å². The van der Waals surface area contributed by atoms with Crippen LogP contribution in [0.3, 0.4) is 0 Å². The lowest BCUT2D eigenvalue weighted by Gasteiger charge is -2.53. The minimum Gasteiger partial charge on any atom is -0.356 e. The zero-order valence-corrected chi connectivity index (χ0v) is 22.5. The van der Waals surface area contributed by atoms with Crippen LogP contribution in [0.15, 0.2) is 29.4 Å². The van der Waals surface area contributed by atoms with Gasteiger partial charge in [-0.1, -0.05) is 0 Å². The summed E-state index contributed by atoms with van der Waals surface area (Å²) in [7, 11) is -4.32. The average molecular weight is 603 g/mol. The summed E-state index contributed by atoms with van der Waals surface area (Å²) in [5, 5.41) is 3.14. The number of rotatable bonds is 7. The van der Waals surface area contributed by atoms with Crippen LogP contribution < -0.4 is 10.6 Å². The van der Waals surface area contributed by atoms with E-state index in [0.717, 1.165) is 23.1 Å². The molecule has 6 rings (SSSR count). The maximum atomic E-state index is 15.1. The van der Waals surface area contributed by atoms with Crippen LogP contribution in [0.4, 0.5) is 22.0 Å². The molecule has 9 nitrogen and oxygen atoms in total. The molecule has 2 aromatic rings. The van der Waals surface area contributed by atoms with Crippen molar-refractivity contribution in [2.75, 3.05) is 12.8 Å². The quantitative estimate of drug-likeness (QED) is 0.420. The highest BCUT2D eigenvalue weighted by Crippen LogP contribution is 2.49. The summed E-state index contributed by atoms with van der Waals surface area (Å²) < 4.78 is 96.6. The van der Waals surface area contributed by atoms with Gasteiger partial charge in [0.15, 0.2) is 0 Å². The highest BCUT2D eigenvalue weighted by Gasteiger charge is 2.60. The molecule has 3 saturated heterocycles. The van der Waals surface area contributed by atoms with Crippen molar-refractivity contribution in [2.24, 2.45) is 11.8 Å². The summed E-state index contributed by atoms with van der Waals surface area (Å²) in [6.45, 7) is 0.314. The van der Waals surface area contributed by atoms with E-state index in [2.05, 4.69) is 15.6 Å². The summed E-state index contributed by atoms with van der Waals surface area (Å²) in [6.07, 6.45) is 0.618. The number of hydrogen-bond donors (Lipinski definition) is 3. The summed E-state index contributed by atoms with van der Waals surface area (Å²) in [5.41, 5.74) is -0.627. The minimum absolute atomic E-state index is 0.112. The number of benzene rings is 1. The minimum atomic E-state index is -4.32. The van der Waals surface area contributed by atoms with Crippen molar-refractivity contribution in [3.63, 3.8) is 0 Å². The van der Waals surface area contributed by atoms with Gasteiger partial charge in [0.05, 0.1) is 17.5 Å². The summed E-state index contributed by atoms with van der Waals surface area (Å²) >= 11 is 0. The van der Waals surface area contributed by atoms with Crippen molar-refractivity contribution in [3.8, 4) is 0 Å². The lowest BCUT2D eigenvalue weighted by atomic mass is 9.71. The number of aromatic amines is 1. The van der Waals surface area contributed by atoms with Gasteiger partial charge < -0.3 is 20.5 Å². The first-order valence-electron chi connectivity index (χ1n) is 13.0. The number of carbonyl (C=O) groups excluding carboxylic acids is 3. The third kappa shape index (κ3) is 5.43. The first-order chi connectivity index (χ1) is 19.2. The van der Waals surface area contributed by atoms with Crippen LogP contribution in [0.1, 0.15) is 42.6 Å². The fourth-order valence-corrected chi connectivity index (χ4v) is 6.51. The third-order valence-electron chi connectivity index (χ3n) is 8.07. The van der Waals surface area contributed by atoms with Crippen LogP contribution in [0.2, 0.25) is 0 Å². The number of carbonyl (C=O) groups is 3. The molecule has 41 heavy (non-hydrogen) atoms. The Labute approximate surface area is 231 Å². The second-order valence-electron chi connectivity index (χ2n) is 10.8. The van der Waals surface area contributed by atoms with Crippen LogP contribution in [0.25, 0.3) is 10.9 Å². The van der Waals surface area contributed by atoms with Gasteiger partial charge in [0, 0.05) is 36.6 Å². The van der Waals surface area contributed by atoms with Gasteiger partial charge in [-0.15, -0.1) is 0 Å². The Morgan fingerprint density at radius 1 is 1.20 bits per heavy atom. The molecule has 1 saturated carbocycles. The van der Waals surface area contributed by atoms with Crippen LogP contribution in [-0.2, 0) is 19.4 Å². The van der Waals surface area contributed by atoms with E-state index < -0.39 is 86.7 Å². The Bertz CT molecular complexity index is 1520. The lowest BCUT2D eigenvalue weighted by molar-refractivity contribution is -0.179. The van der Waals surface area contributed by atoms with Gasteiger partial charge in [-0.25, -0.2) is 26.0 Å². The largest absolute Gasteiger partial charge is 0.356 e. The molecule has 0 unspecified atom stereocenters. The fraction of sp³-hybridized carbons (Fsp3) is 0.500. The Morgan fingerprint density at radius 3 is 2.51 bits per heavy atom. The molecule has 4 heterocycles. The Kier molecular flexibility index (Phi) is 7.37. The van der Waals surface area contributed by atoms with Crippen molar-refractivity contribution >= 4 is 38.5 Å². The van der Waals surface area contributed by atoms with Crippen molar-refractivity contribution < 1.29 is 44.8 Å². The Hall–Kier alpha value is -3.49. The summed E-state index contributed by atoms with van der Waals surface area (Å²) in [4.78, 5) is 42.8. The van der Waals surface area contributed by atoms with Crippen LogP contribution >= 0.6 is 0 Å². The molecule has 3 aliphatic heterocycles. The second-order valence-corrected chi connectivity index (χ2v) is 12.8. The number of alkyl halides is 2. The molecule has 2 bridgehead atoms. The normalized spacial score (nSPS) is 26.7. The van der Waals surface area contributed by atoms with Gasteiger partial charge in [-0.3, -0.25) is 14.4 Å². The molecule has 222 valence electrons. The highest BCUT2D eigenvalue weighted by molar-refractivity contribution is 7.94. The van der Waals surface area contributed by atoms with E-state index in [-0.39, 0.29) is 35.9 Å². The van der Waals surface area contributed by atoms with E-state index >= 15 is 8.78 Å². The maximum absolute atomic E-state index is 15.1. The van der Waals surface area contributed by atoms with E-state index in [0.29, 0.717) is 25.3 Å². The van der Waals surface area contributed by atoms with Gasteiger partial charge in [0.2, 0.25) is 26.8 Å². The Balaban J connectivity index is 1.49. The predicted octanol–water partition coefficient (Wildman–Crippen LogP) is 2.94.